The minimum atomic E-state index is -0.562. The molecule has 2 atom stereocenters. The summed E-state index contributed by atoms with van der Waals surface area (Å²) in [5.74, 6) is 0.127. The van der Waals surface area contributed by atoms with Gasteiger partial charge in [0.15, 0.2) is 0 Å². The zero-order chi connectivity index (χ0) is 16.9. The highest BCUT2D eigenvalue weighted by atomic mass is 16.6. The van der Waals surface area contributed by atoms with E-state index in [4.69, 9.17) is 4.74 Å². The lowest BCUT2D eigenvalue weighted by molar-refractivity contribution is -0.125. The maximum atomic E-state index is 12.7. The zero-order valence-corrected chi connectivity index (χ0v) is 14.6. The molecule has 2 fully saturated rings. The maximum absolute atomic E-state index is 12.7. The first-order valence-electron chi connectivity index (χ1n) is 8.86. The van der Waals surface area contributed by atoms with Crippen LogP contribution in [0.5, 0.6) is 0 Å². The van der Waals surface area contributed by atoms with Gasteiger partial charge in [0.05, 0.1) is 0 Å². The number of carbonyl (C=O) groups is 2. The fraction of sp³-hybridized carbons (Fsp3) is 0.882. The van der Waals surface area contributed by atoms with Crippen LogP contribution in [0.3, 0.4) is 0 Å². The minimum Gasteiger partial charge on any atom is -0.444 e. The molecule has 1 aliphatic carbocycles. The Morgan fingerprint density at radius 3 is 2.39 bits per heavy atom. The molecule has 3 N–H and O–H groups in total. The van der Waals surface area contributed by atoms with E-state index in [1.807, 2.05) is 20.8 Å². The second-order valence-electron chi connectivity index (χ2n) is 7.72. The van der Waals surface area contributed by atoms with Gasteiger partial charge in [0.2, 0.25) is 5.91 Å². The third-order valence-corrected chi connectivity index (χ3v) is 4.48. The van der Waals surface area contributed by atoms with Crippen molar-refractivity contribution < 1.29 is 14.3 Å². The molecule has 2 amide bonds. The van der Waals surface area contributed by atoms with Gasteiger partial charge in [-0.1, -0.05) is 19.3 Å². The number of amides is 2. The first-order valence-corrected chi connectivity index (χ1v) is 8.86. The van der Waals surface area contributed by atoms with Crippen molar-refractivity contribution >= 4 is 12.0 Å². The van der Waals surface area contributed by atoms with Gasteiger partial charge < -0.3 is 20.7 Å². The number of alkyl carbamates (subject to hydrolysis) is 1. The summed E-state index contributed by atoms with van der Waals surface area (Å²) in [6.07, 6.45) is 5.85. The van der Waals surface area contributed by atoms with Crippen LogP contribution in [-0.2, 0) is 9.53 Å². The Bertz CT molecular complexity index is 408. The lowest BCUT2D eigenvalue weighted by Gasteiger charge is -2.31. The molecule has 6 nitrogen and oxygen atoms in total. The Morgan fingerprint density at radius 2 is 1.83 bits per heavy atom. The largest absolute Gasteiger partial charge is 0.444 e. The first kappa shape index (κ1) is 18.0. The van der Waals surface area contributed by atoms with Crippen molar-refractivity contribution in [2.24, 2.45) is 5.92 Å². The Balaban J connectivity index is 1.98. The highest BCUT2D eigenvalue weighted by molar-refractivity contribution is 5.86. The predicted octanol–water partition coefficient (Wildman–Crippen LogP) is 1.94. The van der Waals surface area contributed by atoms with Gasteiger partial charge >= 0.3 is 6.09 Å². The van der Waals surface area contributed by atoms with E-state index in [9.17, 15) is 9.59 Å². The lowest BCUT2D eigenvalue weighted by Crippen LogP contribution is -2.54. The molecule has 0 bridgehead atoms. The fourth-order valence-corrected chi connectivity index (χ4v) is 3.37. The molecule has 1 unspecified atom stereocenters. The van der Waals surface area contributed by atoms with Crippen LogP contribution in [0.4, 0.5) is 4.79 Å². The van der Waals surface area contributed by atoms with Crippen molar-refractivity contribution in [1.82, 2.24) is 16.0 Å². The Morgan fingerprint density at radius 1 is 1.13 bits per heavy atom. The van der Waals surface area contributed by atoms with Gasteiger partial charge in [0.1, 0.15) is 11.6 Å². The van der Waals surface area contributed by atoms with E-state index in [-0.39, 0.29) is 17.9 Å². The van der Waals surface area contributed by atoms with E-state index in [1.54, 1.807) is 0 Å². The van der Waals surface area contributed by atoms with Crippen LogP contribution >= 0.6 is 0 Å². The molecule has 2 rings (SSSR count). The van der Waals surface area contributed by atoms with Crippen molar-refractivity contribution in [3.63, 3.8) is 0 Å². The predicted molar refractivity (Wildman–Crippen MR) is 89.2 cm³/mol. The molecule has 0 radical (unpaired) electrons. The average Bonchev–Trinajstić information content (AvgIpc) is 2.96. The Labute approximate surface area is 139 Å². The summed E-state index contributed by atoms with van der Waals surface area (Å²) in [6, 6.07) is -0.334. The molecule has 1 aliphatic heterocycles. The van der Waals surface area contributed by atoms with Gasteiger partial charge in [-0.3, -0.25) is 4.79 Å². The SMILES string of the molecule is CC(C)(C)OC(=O)NC(C(=O)N[C@H]1CCNC1)C1CCCCC1. The summed E-state index contributed by atoms with van der Waals surface area (Å²) < 4.78 is 5.34. The van der Waals surface area contributed by atoms with Crippen molar-refractivity contribution in [2.45, 2.75) is 77.0 Å². The summed E-state index contributed by atoms with van der Waals surface area (Å²) in [4.78, 5) is 24.8. The summed E-state index contributed by atoms with van der Waals surface area (Å²) >= 11 is 0. The van der Waals surface area contributed by atoms with Crippen LogP contribution in [0.15, 0.2) is 0 Å². The van der Waals surface area contributed by atoms with Crippen molar-refractivity contribution in [3.05, 3.63) is 0 Å². The van der Waals surface area contributed by atoms with Crippen LogP contribution in [0.2, 0.25) is 0 Å². The van der Waals surface area contributed by atoms with E-state index in [1.165, 1.54) is 6.42 Å². The van der Waals surface area contributed by atoms with Crippen LogP contribution in [0.25, 0.3) is 0 Å². The van der Waals surface area contributed by atoms with Crippen LogP contribution in [0, 0.1) is 5.92 Å². The van der Waals surface area contributed by atoms with Gasteiger partial charge in [-0.2, -0.15) is 0 Å². The van der Waals surface area contributed by atoms with E-state index < -0.39 is 17.7 Å². The molecular weight excluding hydrogens is 294 g/mol. The van der Waals surface area contributed by atoms with Gasteiger partial charge in [0, 0.05) is 12.6 Å². The van der Waals surface area contributed by atoms with Gasteiger partial charge in [-0.15, -0.1) is 0 Å². The molecule has 6 heteroatoms. The van der Waals surface area contributed by atoms with Crippen molar-refractivity contribution in [1.29, 1.82) is 0 Å². The van der Waals surface area contributed by atoms with E-state index >= 15 is 0 Å². The molecule has 1 saturated heterocycles. The third-order valence-electron chi connectivity index (χ3n) is 4.48. The fourth-order valence-electron chi connectivity index (χ4n) is 3.37. The smallest absolute Gasteiger partial charge is 0.408 e. The number of ether oxygens (including phenoxy) is 1. The van der Waals surface area contributed by atoms with E-state index in [2.05, 4.69) is 16.0 Å². The van der Waals surface area contributed by atoms with Gasteiger partial charge in [-0.25, -0.2) is 4.79 Å². The normalized spacial score (nSPS) is 24.0. The number of rotatable bonds is 4. The molecular formula is C17H31N3O3. The Kier molecular flexibility index (Phi) is 6.27. The highest BCUT2D eigenvalue weighted by Gasteiger charge is 2.33. The highest BCUT2D eigenvalue weighted by Crippen LogP contribution is 2.27. The second kappa shape index (κ2) is 7.99. The summed E-state index contributed by atoms with van der Waals surface area (Å²) in [5.41, 5.74) is -0.562. The molecule has 0 aromatic heterocycles. The summed E-state index contributed by atoms with van der Waals surface area (Å²) in [7, 11) is 0. The maximum Gasteiger partial charge on any atom is 0.408 e. The number of hydrogen-bond acceptors (Lipinski definition) is 4. The summed E-state index contributed by atoms with van der Waals surface area (Å²) in [5, 5.41) is 9.14. The standard InChI is InChI=1S/C17H31N3O3/c1-17(2,3)23-16(22)20-14(12-7-5-4-6-8-12)15(21)19-13-9-10-18-11-13/h12-14,18H,4-11H2,1-3H3,(H,19,21)(H,20,22)/t13-,14?/m0/s1. The molecule has 2 aliphatic rings. The molecule has 1 saturated carbocycles. The van der Waals surface area contributed by atoms with Crippen LogP contribution in [-0.4, -0.2) is 42.8 Å². The number of hydrogen-bond donors (Lipinski definition) is 3. The molecule has 23 heavy (non-hydrogen) atoms. The first-order chi connectivity index (χ1) is 10.8. The number of carbonyl (C=O) groups excluding carboxylic acids is 2. The minimum absolute atomic E-state index is 0.0727. The monoisotopic (exact) mass is 325 g/mol. The topological polar surface area (TPSA) is 79.5 Å². The molecule has 0 aromatic carbocycles. The zero-order valence-electron chi connectivity index (χ0n) is 14.6. The summed E-state index contributed by atoms with van der Waals surface area (Å²) in [6.45, 7) is 7.21. The van der Waals surface area contributed by atoms with E-state index in [0.717, 1.165) is 45.2 Å². The quantitative estimate of drug-likeness (QED) is 0.738. The van der Waals surface area contributed by atoms with Crippen LogP contribution in [0.1, 0.15) is 59.3 Å². The van der Waals surface area contributed by atoms with Crippen molar-refractivity contribution in [2.75, 3.05) is 13.1 Å². The average molecular weight is 325 g/mol. The lowest BCUT2D eigenvalue weighted by atomic mass is 9.83. The van der Waals surface area contributed by atoms with Crippen molar-refractivity contribution in [3.8, 4) is 0 Å². The van der Waals surface area contributed by atoms with E-state index in [0.29, 0.717) is 0 Å². The Hall–Kier alpha value is -1.30. The van der Waals surface area contributed by atoms with Gasteiger partial charge in [0.25, 0.3) is 0 Å². The second-order valence-corrected chi connectivity index (χ2v) is 7.72. The third kappa shape index (κ3) is 6.01. The van der Waals surface area contributed by atoms with Crippen LogP contribution < -0.4 is 16.0 Å². The number of nitrogens with one attached hydrogen (secondary N) is 3. The molecule has 1 heterocycles. The molecule has 0 spiro atoms. The van der Waals surface area contributed by atoms with Gasteiger partial charge in [-0.05, 0) is 52.5 Å². The molecule has 132 valence electrons. The molecule has 0 aromatic rings.